The van der Waals surface area contributed by atoms with E-state index in [1.54, 1.807) is 11.3 Å². The predicted octanol–water partition coefficient (Wildman–Crippen LogP) is 3.77. The van der Waals surface area contributed by atoms with Crippen molar-refractivity contribution in [1.29, 1.82) is 0 Å². The van der Waals surface area contributed by atoms with Gasteiger partial charge in [0.15, 0.2) is 0 Å². The lowest BCUT2D eigenvalue weighted by Gasteiger charge is -2.17. The standard InChI is InChI=1S/C14H18N2S/c1-2-6-14(12-7-4-3-5-8-12)15-9-13-10-17-11-16-13/h3-5,7-8,10-11,14-15H,2,6,9H2,1H3. The number of hydrogen-bond donors (Lipinski definition) is 1. The summed E-state index contributed by atoms with van der Waals surface area (Å²) in [5.41, 5.74) is 4.38. The third-order valence-electron chi connectivity index (χ3n) is 2.79. The molecule has 0 aliphatic carbocycles. The number of hydrogen-bond acceptors (Lipinski definition) is 3. The number of aromatic nitrogens is 1. The van der Waals surface area contributed by atoms with Crippen LogP contribution >= 0.6 is 11.3 Å². The molecule has 0 amide bonds. The molecule has 2 aromatic rings. The van der Waals surface area contributed by atoms with Gasteiger partial charge in [-0.15, -0.1) is 11.3 Å². The summed E-state index contributed by atoms with van der Waals surface area (Å²) in [5, 5.41) is 5.68. The highest BCUT2D eigenvalue weighted by Crippen LogP contribution is 2.18. The van der Waals surface area contributed by atoms with Crippen LogP contribution in [-0.2, 0) is 6.54 Å². The Labute approximate surface area is 107 Å². The van der Waals surface area contributed by atoms with Crippen LogP contribution in [0.1, 0.15) is 37.1 Å². The van der Waals surface area contributed by atoms with Crippen molar-refractivity contribution in [3.05, 3.63) is 52.5 Å². The highest BCUT2D eigenvalue weighted by Gasteiger charge is 2.09. The molecule has 0 radical (unpaired) electrons. The number of thiazole rings is 1. The topological polar surface area (TPSA) is 24.9 Å². The average Bonchev–Trinajstić information content (AvgIpc) is 2.88. The van der Waals surface area contributed by atoms with Gasteiger partial charge in [-0.1, -0.05) is 43.7 Å². The second kappa shape index (κ2) is 6.52. The number of rotatable bonds is 6. The number of benzene rings is 1. The number of nitrogens with zero attached hydrogens (tertiary/aromatic N) is 1. The number of nitrogens with one attached hydrogen (secondary N) is 1. The van der Waals surface area contributed by atoms with Crippen LogP contribution in [0.15, 0.2) is 41.2 Å². The van der Waals surface area contributed by atoms with Crippen LogP contribution in [0.4, 0.5) is 0 Å². The lowest BCUT2D eigenvalue weighted by atomic mass is 10.0. The first-order chi connectivity index (χ1) is 8.40. The molecule has 2 nitrogen and oxygen atoms in total. The quantitative estimate of drug-likeness (QED) is 0.839. The van der Waals surface area contributed by atoms with Crippen LogP contribution in [0.3, 0.4) is 0 Å². The molecule has 0 aliphatic rings. The maximum absolute atomic E-state index is 4.30. The molecular weight excluding hydrogens is 228 g/mol. The van der Waals surface area contributed by atoms with E-state index >= 15 is 0 Å². The molecule has 1 atom stereocenters. The Hall–Kier alpha value is -1.19. The molecule has 1 aromatic carbocycles. The van der Waals surface area contributed by atoms with Gasteiger partial charge in [0.2, 0.25) is 0 Å². The molecule has 0 saturated heterocycles. The van der Waals surface area contributed by atoms with Gasteiger partial charge in [0.05, 0.1) is 11.2 Å². The van der Waals surface area contributed by atoms with E-state index < -0.39 is 0 Å². The van der Waals surface area contributed by atoms with Crippen molar-refractivity contribution in [2.75, 3.05) is 0 Å². The van der Waals surface area contributed by atoms with Crippen LogP contribution in [0.5, 0.6) is 0 Å². The maximum atomic E-state index is 4.30. The van der Waals surface area contributed by atoms with Crippen molar-refractivity contribution >= 4 is 11.3 Å². The van der Waals surface area contributed by atoms with Crippen LogP contribution in [0.2, 0.25) is 0 Å². The summed E-state index contributed by atoms with van der Waals surface area (Å²) in [6, 6.07) is 11.1. The van der Waals surface area contributed by atoms with Crippen LogP contribution < -0.4 is 5.32 Å². The fraction of sp³-hybridized carbons (Fsp3) is 0.357. The summed E-state index contributed by atoms with van der Waals surface area (Å²) in [5.74, 6) is 0. The SMILES string of the molecule is CCCC(NCc1cscn1)c1ccccc1. The van der Waals surface area contributed by atoms with Crippen molar-refractivity contribution < 1.29 is 0 Å². The molecule has 1 aromatic heterocycles. The molecule has 1 N–H and O–H groups in total. The molecular formula is C14H18N2S. The van der Waals surface area contributed by atoms with Gasteiger partial charge in [-0.3, -0.25) is 0 Å². The lowest BCUT2D eigenvalue weighted by Crippen LogP contribution is -2.20. The van der Waals surface area contributed by atoms with Gasteiger partial charge in [0.25, 0.3) is 0 Å². The minimum atomic E-state index is 0.433. The molecule has 2 rings (SSSR count). The molecule has 0 saturated carbocycles. The monoisotopic (exact) mass is 246 g/mol. The van der Waals surface area contributed by atoms with Crippen molar-refractivity contribution in [2.45, 2.75) is 32.4 Å². The minimum Gasteiger partial charge on any atom is -0.304 e. The van der Waals surface area contributed by atoms with Crippen molar-refractivity contribution in [2.24, 2.45) is 0 Å². The summed E-state index contributed by atoms with van der Waals surface area (Å²) >= 11 is 1.65. The predicted molar refractivity (Wildman–Crippen MR) is 73.0 cm³/mol. The summed E-state index contributed by atoms with van der Waals surface area (Å²) in [7, 11) is 0. The van der Waals surface area contributed by atoms with Crippen molar-refractivity contribution in [3.63, 3.8) is 0 Å². The zero-order valence-electron chi connectivity index (χ0n) is 10.1. The normalized spacial score (nSPS) is 12.5. The summed E-state index contributed by atoms with van der Waals surface area (Å²) < 4.78 is 0. The van der Waals surface area contributed by atoms with E-state index in [1.807, 2.05) is 5.51 Å². The lowest BCUT2D eigenvalue weighted by molar-refractivity contribution is 0.490. The van der Waals surface area contributed by atoms with E-state index in [2.05, 4.69) is 52.9 Å². The first kappa shape index (κ1) is 12.3. The zero-order chi connectivity index (χ0) is 11.9. The first-order valence-electron chi connectivity index (χ1n) is 6.05. The molecule has 0 aliphatic heterocycles. The van der Waals surface area contributed by atoms with E-state index in [9.17, 15) is 0 Å². The van der Waals surface area contributed by atoms with E-state index in [1.165, 1.54) is 12.0 Å². The second-order valence-corrected chi connectivity index (χ2v) is 4.83. The Kier molecular flexibility index (Phi) is 4.71. The first-order valence-corrected chi connectivity index (χ1v) is 7.00. The Morgan fingerprint density at radius 2 is 2.12 bits per heavy atom. The fourth-order valence-corrected chi connectivity index (χ4v) is 2.47. The Morgan fingerprint density at radius 1 is 1.29 bits per heavy atom. The Morgan fingerprint density at radius 3 is 2.76 bits per heavy atom. The molecule has 1 unspecified atom stereocenters. The molecule has 90 valence electrons. The van der Waals surface area contributed by atoms with Gasteiger partial charge < -0.3 is 5.32 Å². The maximum Gasteiger partial charge on any atom is 0.0795 e. The van der Waals surface area contributed by atoms with E-state index in [0.29, 0.717) is 6.04 Å². The summed E-state index contributed by atoms with van der Waals surface area (Å²) in [4.78, 5) is 4.30. The largest absolute Gasteiger partial charge is 0.304 e. The smallest absolute Gasteiger partial charge is 0.0795 e. The highest BCUT2D eigenvalue weighted by molar-refractivity contribution is 7.07. The van der Waals surface area contributed by atoms with Gasteiger partial charge in [0, 0.05) is 18.0 Å². The summed E-state index contributed by atoms with van der Waals surface area (Å²) in [6.07, 6.45) is 2.35. The molecule has 1 heterocycles. The van der Waals surface area contributed by atoms with Gasteiger partial charge in [-0.05, 0) is 12.0 Å². The van der Waals surface area contributed by atoms with Crippen molar-refractivity contribution in [1.82, 2.24) is 10.3 Å². The molecule has 0 fully saturated rings. The molecule has 0 spiro atoms. The van der Waals surface area contributed by atoms with E-state index in [0.717, 1.165) is 18.7 Å². The fourth-order valence-electron chi connectivity index (χ4n) is 1.91. The Balaban J connectivity index is 1.98. The Bertz CT molecular complexity index is 411. The van der Waals surface area contributed by atoms with E-state index in [-0.39, 0.29) is 0 Å². The highest BCUT2D eigenvalue weighted by atomic mass is 32.1. The average molecular weight is 246 g/mol. The molecule has 17 heavy (non-hydrogen) atoms. The van der Waals surface area contributed by atoms with Crippen LogP contribution in [0, 0.1) is 0 Å². The third kappa shape index (κ3) is 3.65. The van der Waals surface area contributed by atoms with Gasteiger partial charge in [0.1, 0.15) is 0 Å². The van der Waals surface area contributed by atoms with Crippen molar-refractivity contribution in [3.8, 4) is 0 Å². The van der Waals surface area contributed by atoms with Gasteiger partial charge in [-0.2, -0.15) is 0 Å². The van der Waals surface area contributed by atoms with Gasteiger partial charge in [-0.25, -0.2) is 4.98 Å². The molecule has 0 bridgehead atoms. The third-order valence-corrected chi connectivity index (χ3v) is 3.43. The van der Waals surface area contributed by atoms with E-state index in [4.69, 9.17) is 0 Å². The van der Waals surface area contributed by atoms with Gasteiger partial charge >= 0.3 is 0 Å². The zero-order valence-corrected chi connectivity index (χ0v) is 10.9. The second-order valence-electron chi connectivity index (χ2n) is 4.11. The summed E-state index contributed by atoms with van der Waals surface area (Å²) in [6.45, 7) is 3.07. The minimum absolute atomic E-state index is 0.433. The van der Waals surface area contributed by atoms with Crippen LogP contribution in [-0.4, -0.2) is 4.98 Å². The molecule has 3 heteroatoms. The van der Waals surface area contributed by atoms with Crippen LogP contribution in [0.25, 0.3) is 0 Å².